The van der Waals surface area contributed by atoms with Crippen molar-refractivity contribution in [3.63, 3.8) is 0 Å². The third-order valence-electron chi connectivity index (χ3n) is 5.54. The summed E-state index contributed by atoms with van der Waals surface area (Å²) in [4.78, 5) is 31.1. The molecule has 2 aliphatic rings. The highest BCUT2D eigenvalue weighted by atomic mass is 16.2. The predicted octanol–water partition coefficient (Wildman–Crippen LogP) is 1.35. The molecule has 0 aromatic carbocycles. The first kappa shape index (κ1) is 17.9. The van der Waals surface area contributed by atoms with Crippen molar-refractivity contribution in [3.8, 4) is 0 Å². The Morgan fingerprint density at radius 1 is 1.24 bits per heavy atom. The number of nitrogens with one attached hydrogen (secondary N) is 1. The minimum absolute atomic E-state index is 0.0493. The van der Waals surface area contributed by atoms with E-state index < -0.39 is 5.41 Å². The molecule has 6 nitrogen and oxygen atoms in total. The predicted molar refractivity (Wildman–Crippen MR) is 95.8 cm³/mol. The van der Waals surface area contributed by atoms with E-state index in [0.29, 0.717) is 31.2 Å². The Balaban J connectivity index is 1.65. The fraction of sp³-hybridized carbons (Fsp3) is 0.632. The Kier molecular flexibility index (Phi) is 5.68. The van der Waals surface area contributed by atoms with Crippen LogP contribution in [0, 0.1) is 0 Å². The van der Waals surface area contributed by atoms with Gasteiger partial charge in [-0.2, -0.15) is 0 Å². The van der Waals surface area contributed by atoms with Gasteiger partial charge in [0.05, 0.1) is 12.2 Å². The topological polar surface area (TPSA) is 88.3 Å². The Bertz CT molecular complexity index is 601. The van der Waals surface area contributed by atoms with E-state index in [4.69, 9.17) is 5.73 Å². The van der Waals surface area contributed by atoms with Crippen LogP contribution >= 0.6 is 0 Å². The number of likely N-dealkylation sites (tertiary alicyclic amines) is 1. The van der Waals surface area contributed by atoms with Crippen LogP contribution in [0.1, 0.15) is 50.6 Å². The molecule has 3 N–H and O–H groups in total. The first-order valence-corrected chi connectivity index (χ1v) is 9.33. The zero-order chi connectivity index (χ0) is 17.7. The number of hydrogen-bond donors (Lipinski definition) is 2. The van der Waals surface area contributed by atoms with Crippen LogP contribution in [0.25, 0.3) is 0 Å². The highest BCUT2D eigenvalue weighted by molar-refractivity contribution is 5.87. The Labute approximate surface area is 149 Å². The van der Waals surface area contributed by atoms with Crippen LogP contribution in [0.3, 0.4) is 0 Å². The molecular weight excluding hydrogens is 316 g/mol. The van der Waals surface area contributed by atoms with Crippen molar-refractivity contribution in [2.45, 2.75) is 56.4 Å². The first-order valence-electron chi connectivity index (χ1n) is 9.33. The fourth-order valence-electron chi connectivity index (χ4n) is 4.18. The minimum Gasteiger partial charge on any atom is -0.369 e. The summed E-state index contributed by atoms with van der Waals surface area (Å²) < 4.78 is 0. The number of hydrogen-bond acceptors (Lipinski definition) is 4. The van der Waals surface area contributed by atoms with Gasteiger partial charge >= 0.3 is 0 Å². The third kappa shape index (κ3) is 4.18. The van der Waals surface area contributed by atoms with Gasteiger partial charge in [-0.15, -0.1) is 0 Å². The molecule has 1 aliphatic carbocycles. The molecule has 1 saturated heterocycles. The zero-order valence-corrected chi connectivity index (χ0v) is 14.7. The standard InChI is InChI=1S/C19H28N4O2/c20-18(25)19(16-9-4-5-11-21-16)10-6-12-23(14-19)13-17(24)22-15-7-2-1-3-8-15/h4-5,9,11,15H,1-3,6-8,10,12-14H2,(H2,20,25)(H,22,24)/t19-/m1/s1. The van der Waals surface area contributed by atoms with Gasteiger partial charge in [-0.25, -0.2) is 0 Å². The number of nitrogens with two attached hydrogens (primary N) is 1. The largest absolute Gasteiger partial charge is 0.369 e. The van der Waals surface area contributed by atoms with Gasteiger partial charge < -0.3 is 11.1 Å². The van der Waals surface area contributed by atoms with Crippen LogP contribution < -0.4 is 11.1 Å². The highest BCUT2D eigenvalue weighted by Gasteiger charge is 2.43. The molecular formula is C19H28N4O2. The molecule has 2 fully saturated rings. The number of amides is 2. The summed E-state index contributed by atoms with van der Waals surface area (Å²) in [5.41, 5.74) is 5.68. The monoisotopic (exact) mass is 344 g/mol. The van der Waals surface area contributed by atoms with Gasteiger partial charge in [0.15, 0.2) is 0 Å². The molecule has 2 heterocycles. The summed E-state index contributed by atoms with van der Waals surface area (Å²) in [6, 6.07) is 5.87. The summed E-state index contributed by atoms with van der Waals surface area (Å²) in [7, 11) is 0. The summed E-state index contributed by atoms with van der Waals surface area (Å²) in [5, 5.41) is 3.15. The maximum Gasteiger partial charge on any atom is 0.234 e. The molecule has 0 spiro atoms. The lowest BCUT2D eigenvalue weighted by atomic mass is 9.76. The first-order chi connectivity index (χ1) is 12.1. The number of carbonyl (C=O) groups excluding carboxylic acids is 2. The Morgan fingerprint density at radius 3 is 2.72 bits per heavy atom. The molecule has 1 saturated carbocycles. The van der Waals surface area contributed by atoms with Crippen LogP contribution in [0.4, 0.5) is 0 Å². The van der Waals surface area contributed by atoms with Crippen molar-refractivity contribution in [3.05, 3.63) is 30.1 Å². The molecule has 6 heteroatoms. The van der Waals surface area contributed by atoms with E-state index in [1.165, 1.54) is 19.3 Å². The van der Waals surface area contributed by atoms with Gasteiger partial charge in [0, 0.05) is 18.8 Å². The summed E-state index contributed by atoms with van der Waals surface area (Å²) in [6.45, 7) is 1.58. The smallest absolute Gasteiger partial charge is 0.234 e. The molecule has 0 bridgehead atoms. The van der Waals surface area contributed by atoms with Crippen molar-refractivity contribution in [2.24, 2.45) is 5.73 Å². The van der Waals surface area contributed by atoms with Crippen molar-refractivity contribution in [1.29, 1.82) is 0 Å². The quantitative estimate of drug-likeness (QED) is 0.844. The average molecular weight is 344 g/mol. The maximum absolute atomic E-state index is 12.4. The van der Waals surface area contributed by atoms with Crippen LogP contribution in [0.5, 0.6) is 0 Å². The molecule has 1 aromatic heterocycles. The van der Waals surface area contributed by atoms with Crippen molar-refractivity contribution in [1.82, 2.24) is 15.2 Å². The molecule has 136 valence electrons. The number of aromatic nitrogens is 1. The molecule has 1 atom stereocenters. The van der Waals surface area contributed by atoms with Gasteiger partial charge in [0.1, 0.15) is 5.41 Å². The van der Waals surface area contributed by atoms with Crippen LogP contribution in [0.2, 0.25) is 0 Å². The number of nitrogens with zero attached hydrogens (tertiary/aromatic N) is 2. The summed E-state index contributed by atoms with van der Waals surface area (Å²) in [5.74, 6) is -0.309. The van der Waals surface area contributed by atoms with Gasteiger partial charge in [-0.3, -0.25) is 19.5 Å². The van der Waals surface area contributed by atoms with E-state index in [2.05, 4.69) is 10.3 Å². The van der Waals surface area contributed by atoms with E-state index in [9.17, 15) is 9.59 Å². The van der Waals surface area contributed by atoms with Gasteiger partial charge in [0.25, 0.3) is 0 Å². The summed E-state index contributed by atoms with van der Waals surface area (Å²) in [6.07, 6.45) is 9.00. The van der Waals surface area contributed by atoms with E-state index in [-0.39, 0.29) is 11.8 Å². The molecule has 0 radical (unpaired) electrons. The molecule has 3 rings (SSSR count). The number of primary amides is 1. The number of carbonyl (C=O) groups is 2. The highest BCUT2D eigenvalue weighted by Crippen LogP contribution is 2.32. The lowest BCUT2D eigenvalue weighted by Crippen LogP contribution is -2.56. The SMILES string of the molecule is NC(=O)[C@]1(c2ccccn2)CCCN(CC(=O)NC2CCCCC2)C1. The van der Waals surface area contributed by atoms with Crippen LogP contribution in [-0.4, -0.2) is 47.4 Å². The Morgan fingerprint density at radius 2 is 2.04 bits per heavy atom. The van der Waals surface area contributed by atoms with Crippen molar-refractivity contribution < 1.29 is 9.59 Å². The molecule has 2 amide bonds. The number of pyridine rings is 1. The third-order valence-corrected chi connectivity index (χ3v) is 5.54. The second kappa shape index (κ2) is 7.95. The second-order valence-electron chi connectivity index (χ2n) is 7.38. The maximum atomic E-state index is 12.4. The fourth-order valence-corrected chi connectivity index (χ4v) is 4.18. The van der Waals surface area contributed by atoms with E-state index in [1.54, 1.807) is 6.20 Å². The van der Waals surface area contributed by atoms with Crippen LogP contribution in [0.15, 0.2) is 24.4 Å². The average Bonchev–Trinajstić information content (AvgIpc) is 2.63. The zero-order valence-electron chi connectivity index (χ0n) is 14.7. The van der Waals surface area contributed by atoms with Crippen molar-refractivity contribution in [2.75, 3.05) is 19.6 Å². The number of rotatable bonds is 5. The van der Waals surface area contributed by atoms with Crippen LogP contribution in [-0.2, 0) is 15.0 Å². The van der Waals surface area contributed by atoms with Crippen molar-refractivity contribution >= 4 is 11.8 Å². The second-order valence-corrected chi connectivity index (χ2v) is 7.38. The summed E-state index contributed by atoms with van der Waals surface area (Å²) >= 11 is 0. The lowest BCUT2D eigenvalue weighted by Gasteiger charge is -2.40. The molecule has 1 aliphatic heterocycles. The Hall–Kier alpha value is -1.95. The molecule has 1 aromatic rings. The van der Waals surface area contributed by atoms with Gasteiger partial charge in [0.2, 0.25) is 11.8 Å². The number of piperidine rings is 1. The van der Waals surface area contributed by atoms with E-state index in [0.717, 1.165) is 25.8 Å². The molecule has 25 heavy (non-hydrogen) atoms. The molecule has 0 unspecified atom stereocenters. The van der Waals surface area contributed by atoms with Gasteiger partial charge in [-0.1, -0.05) is 25.3 Å². The normalized spacial score (nSPS) is 25.4. The lowest BCUT2D eigenvalue weighted by molar-refractivity contribution is -0.129. The van der Waals surface area contributed by atoms with E-state index >= 15 is 0 Å². The minimum atomic E-state index is -0.801. The van der Waals surface area contributed by atoms with E-state index in [1.807, 2.05) is 23.1 Å². The van der Waals surface area contributed by atoms with Gasteiger partial charge in [-0.05, 0) is 44.4 Å².